The van der Waals surface area contributed by atoms with E-state index in [0.717, 1.165) is 10.9 Å². The van der Waals surface area contributed by atoms with Crippen LogP contribution in [-0.4, -0.2) is 24.4 Å². The molecule has 108 valence electrons. The maximum Gasteiger partial charge on any atom is 0.222 e. The van der Waals surface area contributed by atoms with Crippen LogP contribution < -0.4 is 5.73 Å². The number of nitrogens with zero attached hydrogens (tertiary/aromatic N) is 1. The first-order valence-corrected chi connectivity index (χ1v) is 8.26. The third-order valence-electron chi connectivity index (χ3n) is 3.04. The summed E-state index contributed by atoms with van der Waals surface area (Å²) < 4.78 is 1.08. The summed E-state index contributed by atoms with van der Waals surface area (Å²) in [6.07, 6.45) is 1.57. The molecule has 1 heterocycles. The molecule has 0 spiro atoms. The lowest BCUT2D eigenvalue weighted by atomic mass is 9.94. The number of nitrogens with two attached hydrogens (primary N) is 1. The van der Waals surface area contributed by atoms with E-state index >= 15 is 0 Å². The number of halogens is 1. The van der Waals surface area contributed by atoms with Gasteiger partial charge in [0.2, 0.25) is 5.91 Å². The maximum atomic E-state index is 12.2. The van der Waals surface area contributed by atoms with E-state index < -0.39 is 0 Å². The minimum absolute atomic E-state index is 0.181. The monoisotopic (exact) mass is 346 g/mol. The topological polar surface area (TPSA) is 46.3 Å². The van der Waals surface area contributed by atoms with E-state index in [1.165, 1.54) is 4.88 Å². The Morgan fingerprint density at radius 3 is 2.68 bits per heavy atom. The van der Waals surface area contributed by atoms with Crippen molar-refractivity contribution in [1.82, 2.24) is 4.90 Å². The van der Waals surface area contributed by atoms with E-state index in [-0.39, 0.29) is 5.91 Å². The van der Waals surface area contributed by atoms with Gasteiger partial charge in [0.25, 0.3) is 0 Å². The van der Waals surface area contributed by atoms with E-state index in [9.17, 15) is 4.79 Å². The van der Waals surface area contributed by atoms with Crippen LogP contribution in [0.4, 0.5) is 0 Å². The molecule has 0 fully saturated rings. The Hall–Kier alpha value is -0.390. The third-order valence-corrected chi connectivity index (χ3v) is 4.72. The van der Waals surface area contributed by atoms with E-state index in [0.29, 0.717) is 31.3 Å². The molecular formula is C14H23BrN2OS. The van der Waals surface area contributed by atoms with Crippen LogP contribution in [0.5, 0.6) is 0 Å². The van der Waals surface area contributed by atoms with Gasteiger partial charge in [-0.25, -0.2) is 0 Å². The highest BCUT2D eigenvalue weighted by atomic mass is 79.9. The van der Waals surface area contributed by atoms with Crippen LogP contribution in [0.1, 0.15) is 31.6 Å². The number of thiophene rings is 1. The van der Waals surface area contributed by atoms with E-state index in [2.05, 4.69) is 35.8 Å². The van der Waals surface area contributed by atoms with Crippen molar-refractivity contribution >= 4 is 33.2 Å². The fourth-order valence-electron chi connectivity index (χ4n) is 2.09. The van der Waals surface area contributed by atoms with Crippen molar-refractivity contribution in [3.05, 3.63) is 20.8 Å². The summed E-state index contributed by atoms with van der Waals surface area (Å²) in [5, 5.41) is 2.04. The molecule has 1 aromatic rings. The molecule has 0 saturated carbocycles. The molecule has 1 rings (SSSR count). The Bertz CT molecular complexity index is 406. The highest BCUT2D eigenvalue weighted by Gasteiger charge is 2.17. The smallest absolute Gasteiger partial charge is 0.222 e. The molecule has 0 bridgehead atoms. The van der Waals surface area contributed by atoms with Crippen LogP contribution in [0.2, 0.25) is 0 Å². The summed E-state index contributed by atoms with van der Waals surface area (Å²) in [4.78, 5) is 15.2. The summed E-state index contributed by atoms with van der Waals surface area (Å²) in [7, 11) is 1.86. The standard InChI is InChI=1S/C14H23BrN2OS/c1-10(2)4-11(7-16)5-14(18)17(3)8-13-6-12(15)9-19-13/h6,9-11H,4-5,7-8,16H2,1-3H3/t11-/m0/s1. The molecule has 0 aliphatic heterocycles. The van der Waals surface area contributed by atoms with Gasteiger partial charge in [-0.3, -0.25) is 4.79 Å². The Kier molecular flexibility index (Phi) is 7.04. The van der Waals surface area contributed by atoms with E-state index in [4.69, 9.17) is 5.73 Å². The van der Waals surface area contributed by atoms with Gasteiger partial charge in [-0.15, -0.1) is 11.3 Å². The van der Waals surface area contributed by atoms with Gasteiger partial charge < -0.3 is 10.6 Å². The zero-order chi connectivity index (χ0) is 14.4. The van der Waals surface area contributed by atoms with Crippen LogP contribution >= 0.6 is 27.3 Å². The van der Waals surface area contributed by atoms with Gasteiger partial charge in [-0.2, -0.15) is 0 Å². The van der Waals surface area contributed by atoms with Crippen LogP contribution in [0.3, 0.4) is 0 Å². The average molecular weight is 347 g/mol. The highest BCUT2D eigenvalue weighted by Crippen LogP contribution is 2.22. The lowest BCUT2D eigenvalue weighted by Gasteiger charge is -2.21. The lowest BCUT2D eigenvalue weighted by Crippen LogP contribution is -2.30. The minimum Gasteiger partial charge on any atom is -0.341 e. The van der Waals surface area contributed by atoms with Crippen molar-refractivity contribution in [2.75, 3.05) is 13.6 Å². The van der Waals surface area contributed by atoms with Crippen molar-refractivity contribution in [3.63, 3.8) is 0 Å². The van der Waals surface area contributed by atoms with Crippen molar-refractivity contribution < 1.29 is 4.79 Å². The third kappa shape index (κ3) is 6.06. The molecule has 0 aliphatic rings. The quantitative estimate of drug-likeness (QED) is 0.821. The molecular weight excluding hydrogens is 324 g/mol. The first-order valence-electron chi connectivity index (χ1n) is 6.59. The van der Waals surface area contributed by atoms with Gasteiger partial charge in [0.15, 0.2) is 0 Å². The van der Waals surface area contributed by atoms with Gasteiger partial charge in [-0.1, -0.05) is 13.8 Å². The zero-order valence-corrected chi connectivity index (χ0v) is 14.3. The van der Waals surface area contributed by atoms with E-state index in [1.54, 1.807) is 16.2 Å². The average Bonchev–Trinajstić information content (AvgIpc) is 2.73. The highest BCUT2D eigenvalue weighted by molar-refractivity contribution is 9.10. The predicted octanol–water partition coefficient (Wildman–Crippen LogP) is 3.48. The summed E-state index contributed by atoms with van der Waals surface area (Å²) >= 11 is 5.09. The molecule has 1 atom stereocenters. The van der Waals surface area contributed by atoms with Crippen molar-refractivity contribution in [2.45, 2.75) is 33.2 Å². The summed E-state index contributed by atoms with van der Waals surface area (Å²) in [5.41, 5.74) is 5.75. The Morgan fingerprint density at radius 2 is 2.21 bits per heavy atom. The molecule has 2 N–H and O–H groups in total. The second kappa shape index (κ2) is 8.02. The van der Waals surface area contributed by atoms with Gasteiger partial charge in [-0.05, 0) is 46.8 Å². The lowest BCUT2D eigenvalue weighted by molar-refractivity contribution is -0.131. The van der Waals surface area contributed by atoms with Crippen LogP contribution in [0.15, 0.2) is 15.9 Å². The minimum atomic E-state index is 0.181. The molecule has 0 radical (unpaired) electrons. The molecule has 1 aromatic heterocycles. The van der Waals surface area contributed by atoms with Gasteiger partial charge in [0.05, 0.1) is 6.54 Å². The SMILES string of the molecule is CC(C)C[C@H](CN)CC(=O)N(C)Cc1cc(Br)cs1. The maximum absolute atomic E-state index is 12.2. The number of carbonyl (C=O) groups excluding carboxylic acids is 1. The van der Waals surface area contributed by atoms with Crippen LogP contribution in [-0.2, 0) is 11.3 Å². The molecule has 19 heavy (non-hydrogen) atoms. The molecule has 0 aromatic carbocycles. The van der Waals surface area contributed by atoms with Crippen LogP contribution in [0, 0.1) is 11.8 Å². The second-order valence-electron chi connectivity index (χ2n) is 5.42. The summed E-state index contributed by atoms with van der Waals surface area (Å²) in [5.74, 6) is 1.06. The Morgan fingerprint density at radius 1 is 1.53 bits per heavy atom. The number of carbonyl (C=O) groups is 1. The summed E-state index contributed by atoms with van der Waals surface area (Å²) in [6, 6.07) is 2.06. The largest absolute Gasteiger partial charge is 0.341 e. The Balaban J connectivity index is 2.47. The summed E-state index contributed by atoms with van der Waals surface area (Å²) in [6.45, 7) is 5.59. The van der Waals surface area contributed by atoms with Crippen molar-refractivity contribution in [3.8, 4) is 0 Å². The molecule has 5 heteroatoms. The molecule has 0 unspecified atom stereocenters. The number of hydrogen-bond donors (Lipinski definition) is 1. The first-order chi connectivity index (χ1) is 8.92. The fourth-order valence-corrected chi connectivity index (χ4v) is 3.59. The van der Waals surface area contributed by atoms with Crippen molar-refractivity contribution in [1.29, 1.82) is 0 Å². The van der Waals surface area contributed by atoms with Gasteiger partial charge >= 0.3 is 0 Å². The number of amides is 1. The molecule has 0 aliphatic carbocycles. The Labute approximate surface area is 128 Å². The van der Waals surface area contributed by atoms with Gasteiger partial charge in [0, 0.05) is 28.2 Å². The second-order valence-corrected chi connectivity index (χ2v) is 7.33. The fraction of sp³-hybridized carbons (Fsp3) is 0.643. The van der Waals surface area contributed by atoms with E-state index in [1.807, 2.05) is 12.4 Å². The zero-order valence-electron chi connectivity index (χ0n) is 11.9. The normalized spacial score (nSPS) is 12.7. The number of hydrogen-bond acceptors (Lipinski definition) is 3. The van der Waals surface area contributed by atoms with Crippen molar-refractivity contribution in [2.24, 2.45) is 17.6 Å². The molecule has 0 saturated heterocycles. The predicted molar refractivity (Wildman–Crippen MR) is 85.1 cm³/mol. The molecule has 3 nitrogen and oxygen atoms in total. The van der Waals surface area contributed by atoms with Gasteiger partial charge in [0.1, 0.15) is 0 Å². The van der Waals surface area contributed by atoms with Crippen LogP contribution in [0.25, 0.3) is 0 Å². The molecule has 1 amide bonds. The number of rotatable bonds is 7. The first kappa shape index (κ1) is 16.7.